The van der Waals surface area contributed by atoms with Crippen LogP contribution in [-0.2, 0) is 0 Å². The third-order valence-electron chi connectivity index (χ3n) is 4.46. The summed E-state index contributed by atoms with van der Waals surface area (Å²) in [6.45, 7) is 1.98. The van der Waals surface area contributed by atoms with E-state index in [0.717, 1.165) is 18.4 Å². The van der Waals surface area contributed by atoms with E-state index in [1.165, 1.54) is 19.3 Å². The van der Waals surface area contributed by atoms with Gasteiger partial charge in [0.25, 0.3) is 0 Å². The summed E-state index contributed by atoms with van der Waals surface area (Å²) in [5.41, 5.74) is 2.23. The minimum Gasteiger partial charge on any atom is -0.294 e. The van der Waals surface area contributed by atoms with Crippen molar-refractivity contribution in [1.29, 1.82) is 5.26 Å². The average molecular weight is 285 g/mol. The Bertz CT molecular complexity index is 563. The van der Waals surface area contributed by atoms with Gasteiger partial charge >= 0.3 is 0 Å². The molecule has 0 radical (unpaired) electrons. The van der Waals surface area contributed by atoms with Gasteiger partial charge in [-0.1, -0.05) is 18.1 Å². The molecule has 2 heterocycles. The van der Waals surface area contributed by atoms with E-state index in [1.807, 2.05) is 19.1 Å². The Labute approximate surface area is 124 Å². The fourth-order valence-corrected chi connectivity index (χ4v) is 5.29. The van der Waals surface area contributed by atoms with Crippen molar-refractivity contribution in [3.8, 4) is 6.07 Å². The Morgan fingerprint density at radius 1 is 1.30 bits per heavy atom. The van der Waals surface area contributed by atoms with Crippen LogP contribution < -0.4 is 0 Å². The predicted octanol–water partition coefficient (Wildman–Crippen LogP) is 4.11. The zero-order chi connectivity index (χ0) is 14.1. The molecule has 1 aromatic carbocycles. The van der Waals surface area contributed by atoms with Crippen LogP contribution in [0.4, 0.5) is 0 Å². The first-order valence-corrected chi connectivity index (χ1v) is 8.32. The number of nitrogens with zero attached hydrogens (tertiary/aromatic N) is 1. The van der Waals surface area contributed by atoms with Gasteiger partial charge in [0, 0.05) is 22.0 Å². The van der Waals surface area contributed by atoms with Gasteiger partial charge in [0.1, 0.15) is 0 Å². The smallest absolute Gasteiger partial charge is 0.167 e. The van der Waals surface area contributed by atoms with Gasteiger partial charge in [0.05, 0.1) is 11.6 Å². The summed E-state index contributed by atoms with van der Waals surface area (Å²) >= 11 is 2.09. The van der Waals surface area contributed by atoms with Crippen LogP contribution in [0.2, 0.25) is 0 Å². The molecule has 3 heteroatoms. The number of aryl methyl sites for hydroxylation is 1. The highest BCUT2D eigenvalue weighted by molar-refractivity contribution is 8.00. The van der Waals surface area contributed by atoms with E-state index < -0.39 is 0 Å². The molecule has 2 atom stereocenters. The molecule has 104 valence electrons. The summed E-state index contributed by atoms with van der Waals surface area (Å²) in [5.74, 6) is 0.322. The van der Waals surface area contributed by atoms with Crippen molar-refractivity contribution >= 4 is 17.5 Å². The van der Waals surface area contributed by atoms with E-state index in [0.29, 0.717) is 21.6 Å². The van der Waals surface area contributed by atoms with Crippen LogP contribution in [-0.4, -0.2) is 16.3 Å². The number of fused-ring (bicyclic) bond motifs is 2. The van der Waals surface area contributed by atoms with Crippen LogP contribution in [0.15, 0.2) is 18.2 Å². The maximum absolute atomic E-state index is 12.8. The highest BCUT2D eigenvalue weighted by atomic mass is 32.2. The molecule has 0 saturated carbocycles. The van der Waals surface area contributed by atoms with Gasteiger partial charge in [-0.15, -0.1) is 0 Å². The van der Waals surface area contributed by atoms with Gasteiger partial charge in [-0.05, 0) is 44.7 Å². The number of hydrogen-bond donors (Lipinski definition) is 0. The quantitative estimate of drug-likeness (QED) is 0.768. The molecule has 1 aromatic rings. The fraction of sp³-hybridized carbons (Fsp3) is 0.529. The second-order valence-electron chi connectivity index (χ2n) is 6.00. The lowest BCUT2D eigenvalue weighted by atomic mass is 9.83. The molecule has 0 aromatic heterocycles. The van der Waals surface area contributed by atoms with Crippen molar-refractivity contribution in [2.75, 3.05) is 0 Å². The molecule has 2 nitrogen and oxygen atoms in total. The molecule has 2 unspecified atom stereocenters. The van der Waals surface area contributed by atoms with E-state index in [-0.39, 0.29) is 11.7 Å². The molecule has 2 aliphatic rings. The first kappa shape index (κ1) is 13.7. The second kappa shape index (κ2) is 5.61. The first-order chi connectivity index (χ1) is 9.67. The van der Waals surface area contributed by atoms with E-state index in [2.05, 4.69) is 17.8 Å². The van der Waals surface area contributed by atoms with Crippen LogP contribution in [0.1, 0.15) is 53.6 Å². The van der Waals surface area contributed by atoms with Gasteiger partial charge in [-0.3, -0.25) is 4.79 Å². The molecule has 0 N–H and O–H groups in total. The van der Waals surface area contributed by atoms with E-state index in [9.17, 15) is 10.1 Å². The summed E-state index contributed by atoms with van der Waals surface area (Å²) in [6, 6.07) is 7.74. The van der Waals surface area contributed by atoms with Crippen molar-refractivity contribution in [2.24, 2.45) is 5.92 Å². The van der Waals surface area contributed by atoms with Gasteiger partial charge in [0.15, 0.2) is 5.78 Å². The lowest BCUT2D eigenvalue weighted by Crippen LogP contribution is -2.33. The van der Waals surface area contributed by atoms with Gasteiger partial charge in [-0.25, -0.2) is 0 Å². The Kier molecular flexibility index (Phi) is 3.85. The Hall–Kier alpha value is -1.27. The number of thioether (sulfide) groups is 1. The van der Waals surface area contributed by atoms with Gasteiger partial charge in [-0.2, -0.15) is 17.0 Å². The number of nitriles is 1. The Morgan fingerprint density at radius 3 is 2.65 bits per heavy atom. The van der Waals surface area contributed by atoms with Crippen molar-refractivity contribution < 1.29 is 4.79 Å². The van der Waals surface area contributed by atoms with Crippen LogP contribution >= 0.6 is 11.8 Å². The van der Waals surface area contributed by atoms with Crippen molar-refractivity contribution in [3.05, 3.63) is 34.9 Å². The van der Waals surface area contributed by atoms with Crippen LogP contribution in [0.3, 0.4) is 0 Å². The third kappa shape index (κ3) is 2.62. The normalized spacial score (nSPS) is 28.7. The molecular weight excluding hydrogens is 266 g/mol. The standard InChI is InChI=1S/C17H19NOS/c1-11-5-6-12(10-18)16(7-11)17(19)13-8-14-3-2-4-15(9-13)20-14/h5-7,13-15H,2-4,8-9H2,1H3. The summed E-state index contributed by atoms with van der Waals surface area (Å²) in [5, 5.41) is 10.5. The van der Waals surface area contributed by atoms with Crippen LogP contribution in [0.25, 0.3) is 0 Å². The summed E-state index contributed by atoms with van der Waals surface area (Å²) < 4.78 is 0. The SMILES string of the molecule is Cc1ccc(C#N)c(C(=O)C2CC3CCCC(C2)S3)c1. The van der Waals surface area contributed by atoms with Crippen molar-refractivity contribution in [2.45, 2.75) is 49.5 Å². The molecule has 0 aliphatic carbocycles. The number of carbonyl (C=O) groups is 1. The zero-order valence-electron chi connectivity index (χ0n) is 11.8. The highest BCUT2D eigenvalue weighted by Crippen LogP contribution is 2.44. The predicted molar refractivity (Wildman–Crippen MR) is 82.0 cm³/mol. The molecule has 2 bridgehead atoms. The molecule has 2 fully saturated rings. The lowest BCUT2D eigenvalue weighted by Gasteiger charge is -2.38. The highest BCUT2D eigenvalue weighted by Gasteiger charge is 2.36. The number of ketones is 1. The number of carbonyl (C=O) groups excluding carboxylic acids is 1. The Morgan fingerprint density at radius 2 is 2.00 bits per heavy atom. The molecule has 2 aliphatic heterocycles. The second-order valence-corrected chi connectivity index (χ2v) is 7.61. The van der Waals surface area contributed by atoms with Gasteiger partial charge in [0.2, 0.25) is 0 Å². The van der Waals surface area contributed by atoms with Crippen molar-refractivity contribution in [3.63, 3.8) is 0 Å². The fourth-order valence-electron chi connectivity index (χ4n) is 3.45. The maximum Gasteiger partial charge on any atom is 0.167 e. The minimum atomic E-state index is 0.125. The van der Waals surface area contributed by atoms with E-state index >= 15 is 0 Å². The molecule has 3 rings (SSSR count). The zero-order valence-corrected chi connectivity index (χ0v) is 12.6. The Balaban J connectivity index is 1.86. The van der Waals surface area contributed by atoms with Gasteiger partial charge < -0.3 is 0 Å². The lowest BCUT2D eigenvalue weighted by molar-refractivity contribution is 0.0896. The summed E-state index contributed by atoms with van der Waals surface area (Å²) in [6.07, 6.45) is 5.82. The van der Waals surface area contributed by atoms with Crippen LogP contribution in [0.5, 0.6) is 0 Å². The van der Waals surface area contributed by atoms with Crippen molar-refractivity contribution in [1.82, 2.24) is 0 Å². The first-order valence-electron chi connectivity index (χ1n) is 7.38. The maximum atomic E-state index is 12.8. The van der Waals surface area contributed by atoms with E-state index in [1.54, 1.807) is 6.07 Å². The number of benzene rings is 1. The topological polar surface area (TPSA) is 40.9 Å². The monoisotopic (exact) mass is 285 g/mol. The minimum absolute atomic E-state index is 0.125. The van der Waals surface area contributed by atoms with E-state index in [4.69, 9.17) is 0 Å². The summed E-state index contributed by atoms with van der Waals surface area (Å²) in [7, 11) is 0. The molecular formula is C17H19NOS. The summed E-state index contributed by atoms with van der Waals surface area (Å²) in [4.78, 5) is 12.8. The average Bonchev–Trinajstić information content (AvgIpc) is 2.46. The number of rotatable bonds is 2. The number of Topliss-reactive ketones (excluding diaryl/α,β-unsaturated/α-hetero) is 1. The molecule has 20 heavy (non-hydrogen) atoms. The molecule has 2 saturated heterocycles. The largest absolute Gasteiger partial charge is 0.294 e. The molecule has 0 spiro atoms. The molecule has 0 amide bonds. The third-order valence-corrected chi connectivity index (χ3v) is 6.09. The number of hydrogen-bond acceptors (Lipinski definition) is 3. The van der Waals surface area contributed by atoms with Crippen LogP contribution in [0, 0.1) is 24.2 Å².